The maximum absolute atomic E-state index is 12.6. The van der Waals surface area contributed by atoms with Crippen molar-refractivity contribution in [2.75, 3.05) is 13.7 Å². The first-order valence-corrected chi connectivity index (χ1v) is 11.8. The monoisotopic (exact) mass is 443 g/mol. The number of ether oxygens (including phenoxy) is 1. The van der Waals surface area contributed by atoms with Crippen LogP contribution in [0.5, 0.6) is 0 Å². The van der Waals surface area contributed by atoms with Crippen molar-refractivity contribution in [1.29, 1.82) is 0 Å². The van der Waals surface area contributed by atoms with Crippen molar-refractivity contribution in [2.24, 2.45) is 5.14 Å². The molecule has 0 radical (unpaired) electrons. The van der Waals surface area contributed by atoms with Crippen LogP contribution in [0.4, 0.5) is 0 Å². The molecule has 1 aliphatic heterocycles. The second-order valence-corrected chi connectivity index (χ2v) is 9.33. The third kappa shape index (κ3) is 4.23. The van der Waals surface area contributed by atoms with Gasteiger partial charge in [-0.1, -0.05) is 55.8 Å². The number of allylic oxidation sites excluding steroid dienone is 1. The second-order valence-electron chi connectivity index (χ2n) is 7.80. The van der Waals surface area contributed by atoms with Crippen molar-refractivity contribution in [2.45, 2.75) is 44.0 Å². The zero-order valence-corrected chi connectivity index (χ0v) is 19.1. The SMILES string of the molecule is CCCCN1NC(C)=C(C(=O)OC)C1(C)c1ccc(-c2ccccc2S(N)(=O)=O)cc1. The molecule has 166 valence electrons. The molecule has 8 heteroatoms. The molecule has 0 amide bonds. The number of esters is 1. The van der Waals surface area contributed by atoms with Crippen LogP contribution < -0.4 is 10.6 Å². The molecule has 1 unspecified atom stereocenters. The Kier molecular flexibility index (Phi) is 6.54. The van der Waals surface area contributed by atoms with Gasteiger partial charge in [-0.15, -0.1) is 0 Å². The number of nitrogens with two attached hydrogens (primary N) is 1. The quantitative estimate of drug-likeness (QED) is 0.637. The highest BCUT2D eigenvalue weighted by Crippen LogP contribution is 2.42. The summed E-state index contributed by atoms with van der Waals surface area (Å²) in [6, 6.07) is 14.2. The molecule has 3 rings (SSSR count). The number of nitrogens with one attached hydrogen (secondary N) is 1. The fraction of sp³-hybridized carbons (Fsp3) is 0.348. The van der Waals surface area contributed by atoms with Gasteiger partial charge in [0.05, 0.1) is 23.1 Å². The summed E-state index contributed by atoms with van der Waals surface area (Å²) in [4.78, 5) is 12.7. The Morgan fingerprint density at radius 3 is 2.39 bits per heavy atom. The highest BCUT2D eigenvalue weighted by atomic mass is 32.2. The van der Waals surface area contributed by atoms with Crippen molar-refractivity contribution >= 4 is 16.0 Å². The number of benzene rings is 2. The molecular weight excluding hydrogens is 414 g/mol. The van der Waals surface area contributed by atoms with Gasteiger partial charge in [0.2, 0.25) is 10.0 Å². The highest BCUT2D eigenvalue weighted by Gasteiger charge is 2.47. The van der Waals surface area contributed by atoms with E-state index in [1.807, 2.05) is 38.1 Å². The van der Waals surface area contributed by atoms with E-state index < -0.39 is 15.6 Å². The van der Waals surface area contributed by atoms with E-state index in [9.17, 15) is 13.2 Å². The molecule has 0 fully saturated rings. The average molecular weight is 444 g/mol. The van der Waals surface area contributed by atoms with Crippen molar-refractivity contribution in [3.8, 4) is 11.1 Å². The molecular formula is C23H29N3O4S. The van der Waals surface area contributed by atoms with Crippen molar-refractivity contribution in [1.82, 2.24) is 10.4 Å². The molecule has 2 aromatic rings. The normalized spacial score (nSPS) is 19.4. The lowest BCUT2D eigenvalue weighted by atomic mass is 9.83. The number of unbranched alkanes of at least 4 members (excludes halogenated alkanes) is 1. The molecule has 0 aliphatic carbocycles. The van der Waals surface area contributed by atoms with Crippen LogP contribution in [-0.4, -0.2) is 33.1 Å². The summed E-state index contributed by atoms with van der Waals surface area (Å²) in [5, 5.41) is 7.45. The van der Waals surface area contributed by atoms with Gasteiger partial charge in [0.25, 0.3) is 0 Å². The van der Waals surface area contributed by atoms with Crippen LogP contribution in [0.1, 0.15) is 39.2 Å². The van der Waals surface area contributed by atoms with Gasteiger partial charge in [-0.05, 0) is 37.5 Å². The molecule has 7 nitrogen and oxygen atoms in total. The summed E-state index contributed by atoms with van der Waals surface area (Å²) in [6.07, 6.45) is 1.98. The van der Waals surface area contributed by atoms with Gasteiger partial charge >= 0.3 is 5.97 Å². The summed E-state index contributed by atoms with van der Waals surface area (Å²) >= 11 is 0. The summed E-state index contributed by atoms with van der Waals surface area (Å²) in [5.74, 6) is -0.379. The molecule has 0 saturated heterocycles. The molecule has 0 aromatic heterocycles. The zero-order valence-electron chi connectivity index (χ0n) is 18.3. The molecule has 2 aromatic carbocycles. The Morgan fingerprint density at radius 2 is 1.81 bits per heavy atom. The van der Waals surface area contributed by atoms with Gasteiger partial charge in [0.15, 0.2) is 0 Å². The van der Waals surface area contributed by atoms with E-state index in [-0.39, 0.29) is 10.9 Å². The van der Waals surface area contributed by atoms with Gasteiger partial charge in [-0.25, -0.2) is 23.4 Å². The lowest BCUT2D eigenvalue weighted by Gasteiger charge is -2.37. The second kappa shape index (κ2) is 8.82. The summed E-state index contributed by atoms with van der Waals surface area (Å²) in [7, 11) is -2.48. The minimum Gasteiger partial charge on any atom is -0.466 e. The zero-order chi connectivity index (χ0) is 22.8. The Morgan fingerprint density at radius 1 is 1.16 bits per heavy atom. The third-order valence-corrected chi connectivity index (χ3v) is 6.75. The molecule has 3 N–H and O–H groups in total. The van der Waals surface area contributed by atoms with Gasteiger partial charge in [0.1, 0.15) is 0 Å². The Bertz CT molecular complexity index is 1110. The minimum absolute atomic E-state index is 0.0760. The number of hydrazine groups is 1. The van der Waals surface area contributed by atoms with Crippen molar-refractivity contribution in [3.63, 3.8) is 0 Å². The van der Waals surface area contributed by atoms with Gasteiger partial charge in [0, 0.05) is 17.8 Å². The molecule has 0 bridgehead atoms. The van der Waals surface area contributed by atoms with E-state index in [1.165, 1.54) is 13.2 Å². The Balaban J connectivity index is 2.08. The number of carbonyl (C=O) groups excluding carboxylic acids is 1. The van der Waals surface area contributed by atoms with Crippen LogP contribution >= 0.6 is 0 Å². The van der Waals surface area contributed by atoms with Crippen LogP contribution in [0.15, 0.2) is 64.7 Å². The number of hydrogen-bond acceptors (Lipinski definition) is 6. The van der Waals surface area contributed by atoms with E-state index in [4.69, 9.17) is 9.88 Å². The van der Waals surface area contributed by atoms with Crippen LogP contribution in [0.3, 0.4) is 0 Å². The Hall–Kier alpha value is -2.68. The standard InChI is InChI=1S/C23H29N3O4S/c1-5-6-15-26-23(3,21(16(2)25-26)22(27)30-4)18-13-11-17(12-14-18)19-9-7-8-10-20(19)31(24,28)29/h7-14,25H,5-6,15H2,1-4H3,(H2,24,28,29). The van der Waals surface area contributed by atoms with Gasteiger partial charge in [-0.2, -0.15) is 0 Å². The maximum Gasteiger partial charge on any atom is 0.337 e. The van der Waals surface area contributed by atoms with E-state index in [0.717, 1.165) is 36.2 Å². The number of primary sulfonamides is 1. The largest absolute Gasteiger partial charge is 0.466 e. The number of sulfonamides is 1. The third-order valence-electron chi connectivity index (χ3n) is 5.78. The first kappa shape index (κ1) is 23.0. The first-order valence-electron chi connectivity index (χ1n) is 10.2. The van der Waals surface area contributed by atoms with Crippen LogP contribution in [0, 0.1) is 0 Å². The predicted octanol–water partition coefficient (Wildman–Crippen LogP) is 3.28. The Labute approximate surface area is 183 Å². The maximum atomic E-state index is 12.6. The number of nitrogens with zero attached hydrogens (tertiary/aromatic N) is 1. The summed E-state index contributed by atoms with van der Waals surface area (Å²) in [5.41, 5.74) is 6.08. The summed E-state index contributed by atoms with van der Waals surface area (Å²) in [6.45, 7) is 6.73. The van der Waals surface area contributed by atoms with Crippen LogP contribution in [-0.2, 0) is 25.1 Å². The lowest BCUT2D eigenvalue weighted by Crippen LogP contribution is -2.47. The average Bonchev–Trinajstić information content (AvgIpc) is 3.01. The first-order chi connectivity index (χ1) is 14.6. The molecule has 31 heavy (non-hydrogen) atoms. The molecule has 1 aliphatic rings. The molecule has 1 heterocycles. The van der Waals surface area contributed by atoms with Crippen molar-refractivity contribution in [3.05, 3.63) is 65.4 Å². The number of methoxy groups -OCH3 is 1. The lowest BCUT2D eigenvalue weighted by molar-refractivity contribution is -0.137. The van der Waals surface area contributed by atoms with Gasteiger partial charge in [-0.3, -0.25) is 0 Å². The fourth-order valence-electron chi connectivity index (χ4n) is 4.15. The summed E-state index contributed by atoms with van der Waals surface area (Å²) < 4.78 is 29.1. The van der Waals surface area contributed by atoms with Crippen LogP contribution in [0.25, 0.3) is 11.1 Å². The molecule has 0 spiro atoms. The van der Waals surface area contributed by atoms with E-state index in [2.05, 4.69) is 17.4 Å². The number of carbonyl (C=O) groups is 1. The van der Waals surface area contributed by atoms with E-state index >= 15 is 0 Å². The number of hydrogen-bond donors (Lipinski definition) is 2. The minimum atomic E-state index is -3.86. The molecule has 0 saturated carbocycles. The smallest absolute Gasteiger partial charge is 0.337 e. The highest BCUT2D eigenvalue weighted by molar-refractivity contribution is 7.89. The number of rotatable bonds is 7. The van der Waals surface area contributed by atoms with Gasteiger partial charge < -0.3 is 10.2 Å². The molecule has 1 atom stereocenters. The van der Waals surface area contributed by atoms with E-state index in [1.54, 1.807) is 18.2 Å². The van der Waals surface area contributed by atoms with E-state index in [0.29, 0.717) is 11.1 Å². The van der Waals surface area contributed by atoms with Crippen molar-refractivity contribution < 1.29 is 17.9 Å². The predicted molar refractivity (Wildman–Crippen MR) is 120 cm³/mol. The topological polar surface area (TPSA) is 102 Å². The fourth-order valence-corrected chi connectivity index (χ4v) is 4.91. The van der Waals surface area contributed by atoms with Crippen LogP contribution in [0.2, 0.25) is 0 Å².